The number of hydrogen-bond acceptors (Lipinski definition) is 5. The predicted octanol–water partition coefficient (Wildman–Crippen LogP) is 3.91. The fraction of sp³-hybridized carbons (Fsp3) is 0.409. The molecule has 1 saturated heterocycles. The van der Waals surface area contributed by atoms with Crippen LogP contribution in [0, 0.1) is 12.3 Å². The normalized spacial score (nSPS) is 17.0. The Hall–Kier alpha value is -2.64. The van der Waals surface area contributed by atoms with Gasteiger partial charge in [-0.2, -0.15) is 0 Å². The summed E-state index contributed by atoms with van der Waals surface area (Å²) in [4.78, 5) is 19.2. The Labute approximate surface area is 180 Å². The molecule has 0 radical (unpaired) electrons. The van der Waals surface area contributed by atoms with Gasteiger partial charge in [-0.1, -0.05) is 32.4 Å². The van der Waals surface area contributed by atoms with Gasteiger partial charge in [0.25, 0.3) is 0 Å². The Morgan fingerprint density at radius 2 is 2.07 bits per heavy atom. The first kappa shape index (κ1) is 20.6. The summed E-state index contributed by atoms with van der Waals surface area (Å²) in [5, 5.41) is 18.0. The number of imidazole rings is 1. The van der Waals surface area contributed by atoms with E-state index >= 15 is 0 Å². The van der Waals surface area contributed by atoms with E-state index < -0.39 is 5.41 Å². The first-order valence-corrected chi connectivity index (χ1v) is 10.4. The van der Waals surface area contributed by atoms with Crippen molar-refractivity contribution >= 4 is 34.7 Å². The van der Waals surface area contributed by atoms with Gasteiger partial charge in [0.15, 0.2) is 5.65 Å². The first-order valence-electron chi connectivity index (χ1n) is 10.0. The van der Waals surface area contributed by atoms with Crippen LogP contribution in [0.2, 0.25) is 5.02 Å². The summed E-state index contributed by atoms with van der Waals surface area (Å²) in [5.41, 5.74) is 3.21. The summed E-state index contributed by atoms with van der Waals surface area (Å²) >= 11 is 6.52. The number of aliphatic hydroxyl groups is 1. The van der Waals surface area contributed by atoms with Crippen LogP contribution in [0.1, 0.15) is 32.8 Å². The van der Waals surface area contributed by atoms with Gasteiger partial charge in [0.2, 0.25) is 5.91 Å². The number of β-amino-alcohol motifs (C(OH)–C–C–N with tert-alkyl or cyclic N) is 1. The number of halogens is 1. The fourth-order valence-corrected chi connectivity index (χ4v) is 3.75. The zero-order chi connectivity index (χ0) is 21.6. The van der Waals surface area contributed by atoms with Gasteiger partial charge in [-0.05, 0) is 43.2 Å². The zero-order valence-corrected chi connectivity index (χ0v) is 18.4. The number of carbonyl (C=O) groups excluding carboxylic acids is 1. The second kappa shape index (κ2) is 7.56. The number of hydrogen-bond donors (Lipinski definition) is 2. The molecule has 1 aliphatic heterocycles. The number of carbonyl (C=O) groups is 1. The van der Waals surface area contributed by atoms with Crippen molar-refractivity contribution in [2.24, 2.45) is 5.41 Å². The van der Waals surface area contributed by atoms with Crippen LogP contribution in [0.15, 0.2) is 30.5 Å². The summed E-state index contributed by atoms with van der Waals surface area (Å²) < 4.78 is 1.72. The first-order chi connectivity index (χ1) is 14.1. The molecule has 3 aromatic rings. The summed E-state index contributed by atoms with van der Waals surface area (Å²) in [7, 11) is 0. The lowest BCUT2D eigenvalue weighted by molar-refractivity contribution is -0.123. The highest BCUT2D eigenvalue weighted by atomic mass is 35.5. The van der Waals surface area contributed by atoms with Crippen LogP contribution in [0.3, 0.4) is 0 Å². The highest BCUT2D eigenvalue weighted by Gasteiger charge is 2.23. The molecule has 1 aliphatic rings. The average molecular weight is 428 g/mol. The Morgan fingerprint density at radius 3 is 2.73 bits per heavy atom. The highest BCUT2D eigenvalue weighted by molar-refractivity contribution is 6.33. The predicted molar refractivity (Wildman–Crippen MR) is 119 cm³/mol. The van der Waals surface area contributed by atoms with Crippen molar-refractivity contribution in [3.05, 3.63) is 41.0 Å². The second-order valence-electron chi connectivity index (χ2n) is 8.86. The molecule has 2 aromatic heterocycles. The van der Waals surface area contributed by atoms with Crippen LogP contribution >= 0.6 is 11.6 Å². The molecule has 7 nitrogen and oxygen atoms in total. The number of fused-ring (bicyclic) bond motifs is 1. The van der Waals surface area contributed by atoms with E-state index in [1.54, 1.807) is 4.52 Å². The average Bonchev–Trinajstić information content (AvgIpc) is 3.28. The van der Waals surface area contributed by atoms with Gasteiger partial charge >= 0.3 is 0 Å². The largest absolute Gasteiger partial charge is 0.391 e. The molecule has 2 N–H and O–H groups in total. The van der Waals surface area contributed by atoms with E-state index in [0.29, 0.717) is 28.6 Å². The second-order valence-corrected chi connectivity index (χ2v) is 9.27. The topological polar surface area (TPSA) is 82.8 Å². The van der Waals surface area contributed by atoms with E-state index in [2.05, 4.69) is 20.3 Å². The van der Waals surface area contributed by atoms with Crippen LogP contribution < -0.4 is 10.2 Å². The Morgan fingerprint density at radius 1 is 1.30 bits per heavy atom. The van der Waals surface area contributed by atoms with Crippen LogP contribution in [-0.2, 0) is 4.79 Å². The molecule has 1 aromatic carbocycles. The molecule has 3 heterocycles. The molecule has 0 bridgehead atoms. The quantitative estimate of drug-likeness (QED) is 0.662. The molecule has 1 atom stereocenters. The number of aryl methyl sites for hydroxylation is 1. The molecule has 30 heavy (non-hydrogen) atoms. The van der Waals surface area contributed by atoms with E-state index in [-0.39, 0.29) is 12.0 Å². The van der Waals surface area contributed by atoms with Crippen molar-refractivity contribution in [3.63, 3.8) is 0 Å². The number of benzene rings is 1. The van der Waals surface area contributed by atoms with Crippen LogP contribution in [-0.4, -0.2) is 44.8 Å². The lowest BCUT2D eigenvalue weighted by Crippen LogP contribution is -2.27. The number of nitrogens with one attached hydrogen (secondary N) is 1. The summed E-state index contributed by atoms with van der Waals surface area (Å²) in [6.45, 7) is 8.90. The van der Waals surface area contributed by atoms with Crippen LogP contribution in [0.5, 0.6) is 0 Å². The molecule has 158 valence electrons. The maximum absolute atomic E-state index is 12.4. The number of aliphatic hydroxyl groups excluding tert-OH is 1. The molecule has 0 spiro atoms. The molecule has 1 amide bonds. The molecular weight excluding hydrogens is 402 g/mol. The highest BCUT2D eigenvalue weighted by Crippen LogP contribution is 2.33. The van der Waals surface area contributed by atoms with Crippen molar-refractivity contribution in [1.82, 2.24) is 14.6 Å². The van der Waals surface area contributed by atoms with Crippen molar-refractivity contribution < 1.29 is 9.90 Å². The molecule has 0 aliphatic carbocycles. The maximum Gasteiger partial charge on any atom is 0.229 e. The minimum atomic E-state index is -0.501. The lowest BCUT2D eigenvalue weighted by Gasteiger charge is -2.19. The summed E-state index contributed by atoms with van der Waals surface area (Å²) in [5.74, 6) is 0.740. The Balaban J connectivity index is 1.69. The smallest absolute Gasteiger partial charge is 0.229 e. The molecule has 1 unspecified atom stereocenters. The molecule has 8 heteroatoms. The van der Waals surface area contributed by atoms with E-state index in [1.165, 1.54) is 0 Å². The standard InChI is InChI=1S/C22H26ClN5O2/c1-13-9-16(23)15(10-17(13)25-21(30)22(2,3)4)18-12-28-19(24-18)5-6-20(26-28)27-8-7-14(29)11-27/h5-6,9-10,12,14,29H,7-8,11H2,1-4H3,(H,25,30). The van der Waals surface area contributed by atoms with Crippen molar-refractivity contribution in [2.45, 2.75) is 40.2 Å². The monoisotopic (exact) mass is 427 g/mol. The SMILES string of the molecule is Cc1cc(Cl)c(-c2cn3nc(N4CCC(O)C4)ccc3n2)cc1NC(=O)C(C)(C)C. The third-order valence-corrected chi connectivity index (χ3v) is 5.63. The molecular formula is C22H26ClN5O2. The maximum atomic E-state index is 12.4. The van der Waals surface area contributed by atoms with E-state index in [9.17, 15) is 9.90 Å². The van der Waals surface area contributed by atoms with Gasteiger partial charge in [0.05, 0.1) is 23.0 Å². The number of nitrogens with zero attached hydrogens (tertiary/aromatic N) is 4. The van der Waals surface area contributed by atoms with Gasteiger partial charge in [0.1, 0.15) is 5.82 Å². The van der Waals surface area contributed by atoms with Gasteiger partial charge < -0.3 is 15.3 Å². The Kier molecular flexibility index (Phi) is 5.20. The van der Waals surface area contributed by atoms with E-state index in [1.807, 2.05) is 58.2 Å². The molecule has 1 fully saturated rings. The molecule has 4 rings (SSSR count). The van der Waals surface area contributed by atoms with Gasteiger partial charge in [-0.25, -0.2) is 9.50 Å². The van der Waals surface area contributed by atoms with E-state index in [0.717, 1.165) is 29.9 Å². The third-order valence-electron chi connectivity index (χ3n) is 5.31. The van der Waals surface area contributed by atoms with Crippen LogP contribution in [0.4, 0.5) is 11.5 Å². The number of rotatable bonds is 3. The van der Waals surface area contributed by atoms with Gasteiger partial charge in [-0.3, -0.25) is 4.79 Å². The Bertz CT molecular complexity index is 1120. The fourth-order valence-electron chi connectivity index (χ4n) is 3.43. The number of aromatic nitrogens is 3. The third kappa shape index (κ3) is 4.00. The molecule has 0 saturated carbocycles. The van der Waals surface area contributed by atoms with E-state index in [4.69, 9.17) is 11.6 Å². The minimum Gasteiger partial charge on any atom is -0.391 e. The van der Waals surface area contributed by atoms with Crippen molar-refractivity contribution in [3.8, 4) is 11.3 Å². The van der Waals surface area contributed by atoms with Crippen LogP contribution in [0.25, 0.3) is 16.9 Å². The van der Waals surface area contributed by atoms with Gasteiger partial charge in [0, 0.05) is 29.8 Å². The summed E-state index contributed by atoms with van der Waals surface area (Å²) in [6, 6.07) is 7.52. The van der Waals surface area contributed by atoms with Crippen molar-refractivity contribution in [1.29, 1.82) is 0 Å². The van der Waals surface area contributed by atoms with Gasteiger partial charge in [-0.15, -0.1) is 5.10 Å². The van der Waals surface area contributed by atoms with Crippen molar-refractivity contribution in [2.75, 3.05) is 23.3 Å². The number of amides is 1. The minimum absolute atomic E-state index is 0.0621. The lowest BCUT2D eigenvalue weighted by atomic mass is 9.95. The zero-order valence-electron chi connectivity index (χ0n) is 17.6. The summed E-state index contributed by atoms with van der Waals surface area (Å²) in [6.07, 6.45) is 2.27. The number of anilines is 2.